The Labute approximate surface area is 88.2 Å². The van der Waals surface area contributed by atoms with Crippen LogP contribution in [-0.2, 0) is 4.79 Å². The van der Waals surface area contributed by atoms with Gasteiger partial charge in [-0.2, -0.15) is 9.37 Å². The molecule has 1 rings (SSSR count). The molecule has 0 radical (unpaired) electrons. The summed E-state index contributed by atoms with van der Waals surface area (Å²) in [5.41, 5.74) is 0. The first-order chi connectivity index (χ1) is 6.50. The Morgan fingerprint density at radius 1 is 1.57 bits per heavy atom. The van der Waals surface area contributed by atoms with Crippen molar-refractivity contribution in [2.75, 3.05) is 6.61 Å². The Morgan fingerprint density at radius 2 is 2.21 bits per heavy atom. The summed E-state index contributed by atoms with van der Waals surface area (Å²) in [4.78, 5) is 13.2. The van der Waals surface area contributed by atoms with Crippen LogP contribution in [-0.4, -0.2) is 17.6 Å². The summed E-state index contributed by atoms with van der Waals surface area (Å²) in [6, 6.07) is 1.07. The van der Waals surface area contributed by atoms with Crippen LogP contribution in [0.15, 0.2) is 6.07 Å². The fraction of sp³-hybridized carbons (Fsp3) is 0.143. The number of nitrogens with zero attached hydrogens (tertiary/aromatic N) is 1. The molecule has 0 fully saturated rings. The largest absolute Gasteiger partial charge is 0.546 e. The van der Waals surface area contributed by atoms with Crippen molar-refractivity contribution in [3.63, 3.8) is 0 Å². The SMILES string of the molecule is O=C([O-])COc1nc(F)c(Cl)cc1Cl. The zero-order valence-corrected chi connectivity index (χ0v) is 8.10. The van der Waals surface area contributed by atoms with Crippen molar-refractivity contribution in [1.82, 2.24) is 4.98 Å². The molecule has 0 spiro atoms. The number of carboxylic acids is 1. The molecule has 0 aliphatic rings. The molecule has 0 saturated carbocycles. The molecule has 0 atom stereocenters. The van der Waals surface area contributed by atoms with Crippen LogP contribution in [0.5, 0.6) is 5.88 Å². The summed E-state index contributed by atoms with van der Waals surface area (Å²) in [6.07, 6.45) is 0. The number of hydrogen-bond acceptors (Lipinski definition) is 4. The fourth-order valence-corrected chi connectivity index (χ4v) is 1.07. The molecule has 14 heavy (non-hydrogen) atoms. The normalized spacial score (nSPS) is 9.93. The second-order valence-electron chi connectivity index (χ2n) is 2.21. The molecule has 7 heteroatoms. The van der Waals surface area contributed by atoms with Gasteiger partial charge in [0.15, 0.2) is 0 Å². The second kappa shape index (κ2) is 4.43. The summed E-state index contributed by atoms with van der Waals surface area (Å²) in [6.45, 7) is -0.756. The molecule has 1 aromatic rings. The lowest BCUT2D eigenvalue weighted by Gasteiger charge is -2.07. The lowest BCUT2D eigenvalue weighted by Crippen LogP contribution is -2.29. The number of aromatic nitrogens is 1. The Bertz CT molecular complexity index is 372. The number of halogens is 3. The van der Waals surface area contributed by atoms with E-state index in [2.05, 4.69) is 9.72 Å². The van der Waals surface area contributed by atoms with Gasteiger partial charge in [0.25, 0.3) is 0 Å². The van der Waals surface area contributed by atoms with Crippen molar-refractivity contribution in [3.8, 4) is 5.88 Å². The number of hydrogen-bond donors (Lipinski definition) is 0. The first kappa shape index (κ1) is 11.0. The molecule has 1 heterocycles. The highest BCUT2D eigenvalue weighted by atomic mass is 35.5. The van der Waals surface area contributed by atoms with Gasteiger partial charge < -0.3 is 14.6 Å². The van der Waals surface area contributed by atoms with E-state index in [-0.39, 0.29) is 15.9 Å². The lowest BCUT2D eigenvalue weighted by molar-refractivity contribution is -0.307. The molecule has 0 amide bonds. The predicted molar refractivity (Wildman–Crippen MR) is 44.7 cm³/mol. The maximum Gasteiger partial charge on any atom is 0.235 e. The number of carboxylic acid groups (broad SMARTS) is 1. The summed E-state index contributed by atoms with van der Waals surface area (Å²) in [5.74, 6) is -2.78. The van der Waals surface area contributed by atoms with E-state index in [0.29, 0.717) is 0 Å². The average Bonchev–Trinajstić information content (AvgIpc) is 2.09. The van der Waals surface area contributed by atoms with Gasteiger partial charge in [0, 0.05) is 0 Å². The van der Waals surface area contributed by atoms with Crippen LogP contribution < -0.4 is 9.84 Å². The van der Waals surface area contributed by atoms with Crippen molar-refractivity contribution in [3.05, 3.63) is 22.1 Å². The van der Waals surface area contributed by atoms with E-state index in [1.807, 2.05) is 0 Å². The van der Waals surface area contributed by atoms with Crippen molar-refractivity contribution in [2.24, 2.45) is 0 Å². The van der Waals surface area contributed by atoms with Gasteiger partial charge in [-0.3, -0.25) is 0 Å². The Morgan fingerprint density at radius 3 is 2.79 bits per heavy atom. The molecule has 0 N–H and O–H groups in total. The van der Waals surface area contributed by atoms with Gasteiger partial charge in [0.1, 0.15) is 11.6 Å². The van der Waals surface area contributed by atoms with Crippen LogP contribution in [0.4, 0.5) is 4.39 Å². The Kier molecular flexibility index (Phi) is 3.49. The number of pyridine rings is 1. The van der Waals surface area contributed by atoms with Crippen molar-refractivity contribution < 1.29 is 19.0 Å². The first-order valence-electron chi connectivity index (χ1n) is 3.35. The first-order valence-corrected chi connectivity index (χ1v) is 4.10. The van der Waals surface area contributed by atoms with Gasteiger partial charge in [-0.15, -0.1) is 0 Å². The van der Waals surface area contributed by atoms with Gasteiger partial charge in [-0.25, -0.2) is 0 Å². The summed E-state index contributed by atoms with van der Waals surface area (Å²) in [7, 11) is 0. The van der Waals surface area contributed by atoms with Gasteiger partial charge in [0.2, 0.25) is 11.8 Å². The molecule has 0 aromatic carbocycles. The summed E-state index contributed by atoms with van der Waals surface area (Å²) in [5, 5.41) is 9.67. The van der Waals surface area contributed by atoms with E-state index >= 15 is 0 Å². The van der Waals surface area contributed by atoms with E-state index in [1.165, 1.54) is 0 Å². The quantitative estimate of drug-likeness (QED) is 0.726. The minimum absolute atomic E-state index is 0.0716. The summed E-state index contributed by atoms with van der Waals surface area (Å²) >= 11 is 10.9. The van der Waals surface area contributed by atoms with Crippen molar-refractivity contribution in [1.29, 1.82) is 0 Å². The van der Waals surface area contributed by atoms with E-state index in [0.717, 1.165) is 6.07 Å². The monoisotopic (exact) mass is 238 g/mol. The van der Waals surface area contributed by atoms with E-state index in [4.69, 9.17) is 23.2 Å². The Balaban J connectivity index is 2.87. The minimum atomic E-state index is -1.46. The zero-order chi connectivity index (χ0) is 10.7. The highest BCUT2D eigenvalue weighted by molar-refractivity contribution is 6.35. The fourth-order valence-electron chi connectivity index (χ4n) is 0.657. The molecule has 0 saturated heterocycles. The molecular weight excluding hydrogens is 236 g/mol. The molecular formula is C7H3Cl2FNO3-. The number of aliphatic carboxylic acids is 1. The molecule has 0 bridgehead atoms. The molecule has 4 nitrogen and oxygen atoms in total. The average molecular weight is 239 g/mol. The molecule has 1 aromatic heterocycles. The molecule has 0 aliphatic carbocycles. The van der Waals surface area contributed by atoms with Crippen molar-refractivity contribution >= 4 is 29.2 Å². The van der Waals surface area contributed by atoms with E-state index < -0.39 is 18.5 Å². The van der Waals surface area contributed by atoms with Gasteiger partial charge in [-0.05, 0) is 6.07 Å². The molecule has 0 aliphatic heterocycles. The maximum atomic E-state index is 12.7. The number of ether oxygens (including phenoxy) is 1. The number of rotatable bonds is 3. The van der Waals surface area contributed by atoms with Gasteiger partial charge >= 0.3 is 0 Å². The van der Waals surface area contributed by atoms with Crippen LogP contribution in [0.25, 0.3) is 0 Å². The van der Waals surface area contributed by atoms with Crippen LogP contribution in [0.1, 0.15) is 0 Å². The van der Waals surface area contributed by atoms with Crippen LogP contribution in [0.3, 0.4) is 0 Å². The lowest BCUT2D eigenvalue weighted by atomic mass is 10.5. The molecule has 76 valence electrons. The van der Waals surface area contributed by atoms with Crippen LogP contribution in [0.2, 0.25) is 10.0 Å². The maximum absolute atomic E-state index is 12.7. The summed E-state index contributed by atoms with van der Waals surface area (Å²) < 4.78 is 17.3. The highest BCUT2D eigenvalue weighted by Gasteiger charge is 2.09. The zero-order valence-electron chi connectivity index (χ0n) is 6.59. The Hall–Kier alpha value is -1.07. The second-order valence-corrected chi connectivity index (χ2v) is 3.02. The topological polar surface area (TPSA) is 62.2 Å². The minimum Gasteiger partial charge on any atom is -0.546 e. The predicted octanol–water partition coefficient (Wildman–Crippen LogP) is 0.656. The third kappa shape index (κ3) is 2.71. The highest BCUT2D eigenvalue weighted by Crippen LogP contribution is 2.26. The standard InChI is InChI=1S/C7H4Cl2FNO3/c8-3-1-4(9)7(11-6(3)10)14-2-5(12)13/h1H,2H2,(H,12,13)/p-1. The van der Waals surface area contributed by atoms with E-state index in [9.17, 15) is 14.3 Å². The smallest absolute Gasteiger partial charge is 0.235 e. The van der Waals surface area contributed by atoms with Crippen molar-refractivity contribution in [2.45, 2.75) is 0 Å². The van der Waals surface area contributed by atoms with Crippen LogP contribution >= 0.6 is 23.2 Å². The number of carbonyl (C=O) groups excluding carboxylic acids is 1. The third-order valence-electron chi connectivity index (χ3n) is 1.18. The van der Waals surface area contributed by atoms with Crippen LogP contribution in [0, 0.1) is 5.95 Å². The molecule has 0 unspecified atom stereocenters. The van der Waals surface area contributed by atoms with Gasteiger partial charge in [0.05, 0.1) is 11.0 Å². The van der Waals surface area contributed by atoms with Gasteiger partial charge in [-0.1, -0.05) is 23.2 Å². The van der Waals surface area contributed by atoms with E-state index in [1.54, 1.807) is 0 Å². The third-order valence-corrected chi connectivity index (χ3v) is 1.72. The number of carbonyl (C=O) groups is 1.